The molecule has 4 nitrogen and oxygen atoms in total. The first-order valence-electron chi connectivity index (χ1n) is 3.73. The highest BCUT2D eigenvalue weighted by Gasteiger charge is 2.35. The van der Waals surface area contributed by atoms with Gasteiger partial charge in [-0.1, -0.05) is 18.2 Å². The highest BCUT2D eigenvalue weighted by molar-refractivity contribution is 5.98. The number of ether oxygens (including phenoxy) is 1. The van der Waals surface area contributed by atoms with Gasteiger partial charge in [0.25, 0.3) is 0 Å². The second-order valence-corrected chi connectivity index (χ2v) is 2.71. The van der Waals surface area contributed by atoms with E-state index in [1.165, 1.54) is 0 Å². The number of rotatable bonds is 1. The number of benzene rings is 1. The van der Waals surface area contributed by atoms with Gasteiger partial charge < -0.3 is 9.84 Å². The van der Waals surface area contributed by atoms with Crippen LogP contribution in [0.25, 0.3) is 0 Å². The van der Waals surface area contributed by atoms with E-state index in [4.69, 9.17) is 5.11 Å². The average molecular weight is 178 g/mol. The lowest BCUT2D eigenvalue weighted by Gasteiger charge is -2.02. The minimum atomic E-state index is -1.14. The zero-order valence-electron chi connectivity index (χ0n) is 6.56. The van der Waals surface area contributed by atoms with Crippen molar-refractivity contribution >= 4 is 11.9 Å². The van der Waals surface area contributed by atoms with Crippen LogP contribution in [0.15, 0.2) is 24.3 Å². The SMILES string of the molecule is O=C1O[C@H](C(=O)O)c2ccccc21. The fraction of sp³-hybridized carbons (Fsp3) is 0.111. The van der Waals surface area contributed by atoms with Crippen LogP contribution in [-0.4, -0.2) is 17.0 Å². The Hall–Kier alpha value is -1.84. The number of hydrogen-bond donors (Lipinski definition) is 1. The molecule has 0 radical (unpaired) electrons. The van der Waals surface area contributed by atoms with E-state index in [0.717, 1.165) is 0 Å². The summed E-state index contributed by atoms with van der Waals surface area (Å²) >= 11 is 0. The van der Waals surface area contributed by atoms with Crippen molar-refractivity contribution in [2.45, 2.75) is 6.10 Å². The highest BCUT2D eigenvalue weighted by atomic mass is 16.6. The van der Waals surface area contributed by atoms with Crippen molar-refractivity contribution in [1.29, 1.82) is 0 Å². The van der Waals surface area contributed by atoms with Gasteiger partial charge in [-0.15, -0.1) is 0 Å². The zero-order chi connectivity index (χ0) is 9.42. The molecule has 1 atom stereocenters. The zero-order valence-corrected chi connectivity index (χ0v) is 6.56. The average Bonchev–Trinajstić information content (AvgIpc) is 2.45. The van der Waals surface area contributed by atoms with E-state index in [0.29, 0.717) is 11.1 Å². The van der Waals surface area contributed by atoms with Crippen molar-refractivity contribution in [3.8, 4) is 0 Å². The molecule has 0 amide bonds. The molecule has 66 valence electrons. The molecule has 1 aromatic carbocycles. The largest absolute Gasteiger partial charge is 0.478 e. The van der Waals surface area contributed by atoms with Crippen molar-refractivity contribution in [3.63, 3.8) is 0 Å². The van der Waals surface area contributed by atoms with Gasteiger partial charge in [0.15, 0.2) is 0 Å². The van der Waals surface area contributed by atoms with E-state index in [1.807, 2.05) is 0 Å². The molecule has 0 saturated carbocycles. The number of fused-ring (bicyclic) bond motifs is 1. The summed E-state index contributed by atoms with van der Waals surface area (Å²) in [5.74, 6) is -1.71. The van der Waals surface area contributed by atoms with Crippen LogP contribution in [0.5, 0.6) is 0 Å². The Morgan fingerprint density at radius 3 is 2.77 bits per heavy atom. The van der Waals surface area contributed by atoms with E-state index < -0.39 is 18.0 Å². The maximum Gasteiger partial charge on any atom is 0.349 e. The van der Waals surface area contributed by atoms with Gasteiger partial charge >= 0.3 is 11.9 Å². The summed E-state index contributed by atoms with van der Waals surface area (Å²) in [6, 6.07) is 6.49. The number of carboxylic acids is 1. The summed E-state index contributed by atoms with van der Waals surface area (Å²) in [5.41, 5.74) is 0.773. The Balaban J connectivity index is 2.53. The first-order chi connectivity index (χ1) is 6.20. The fourth-order valence-corrected chi connectivity index (χ4v) is 1.33. The number of cyclic esters (lactones) is 1. The number of esters is 1. The lowest BCUT2D eigenvalue weighted by molar-refractivity contribution is -0.146. The second-order valence-electron chi connectivity index (χ2n) is 2.71. The predicted molar refractivity (Wildman–Crippen MR) is 42.2 cm³/mol. The maximum atomic E-state index is 11.1. The minimum absolute atomic E-state index is 0.343. The van der Waals surface area contributed by atoms with Gasteiger partial charge in [0, 0.05) is 5.56 Å². The summed E-state index contributed by atoms with van der Waals surface area (Å²) in [4.78, 5) is 21.7. The van der Waals surface area contributed by atoms with Gasteiger partial charge in [0.1, 0.15) is 0 Å². The van der Waals surface area contributed by atoms with Gasteiger partial charge in [-0.05, 0) is 6.07 Å². The van der Waals surface area contributed by atoms with E-state index in [2.05, 4.69) is 4.74 Å². The molecule has 2 rings (SSSR count). The van der Waals surface area contributed by atoms with E-state index in [9.17, 15) is 9.59 Å². The molecular weight excluding hydrogens is 172 g/mol. The van der Waals surface area contributed by atoms with Crippen LogP contribution in [0.2, 0.25) is 0 Å². The molecule has 0 bridgehead atoms. The van der Waals surface area contributed by atoms with Gasteiger partial charge in [-0.3, -0.25) is 0 Å². The first-order valence-corrected chi connectivity index (χ1v) is 3.73. The van der Waals surface area contributed by atoms with Gasteiger partial charge in [-0.2, -0.15) is 0 Å². The normalized spacial score (nSPS) is 19.4. The van der Waals surface area contributed by atoms with Crippen LogP contribution in [0.4, 0.5) is 0 Å². The van der Waals surface area contributed by atoms with Gasteiger partial charge in [0.05, 0.1) is 5.56 Å². The molecule has 0 aromatic heterocycles. The fourth-order valence-electron chi connectivity index (χ4n) is 1.33. The highest BCUT2D eigenvalue weighted by Crippen LogP contribution is 2.30. The maximum absolute atomic E-state index is 11.1. The Morgan fingerprint density at radius 1 is 1.38 bits per heavy atom. The smallest absolute Gasteiger partial charge is 0.349 e. The predicted octanol–water partition coefficient (Wildman–Crippen LogP) is 0.983. The topological polar surface area (TPSA) is 63.6 Å². The molecule has 1 aliphatic heterocycles. The van der Waals surface area contributed by atoms with Gasteiger partial charge in [0.2, 0.25) is 6.10 Å². The molecule has 0 unspecified atom stereocenters. The van der Waals surface area contributed by atoms with E-state index >= 15 is 0 Å². The van der Waals surface area contributed by atoms with Gasteiger partial charge in [-0.25, -0.2) is 9.59 Å². The van der Waals surface area contributed by atoms with Crippen LogP contribution in [-0.2, 0) is 9.53 Å². The third kappa shape index (κ3) is 1.07. The Morgan fingerprint density at radius 2 is 2.08 bits per heavy atom. The second kappa shape index (κ2) is 2.58. The summed E-state index contributed by atoms with van der Waals surface area (Å²) in [5, 5.41) is 8.70. The lowest BCUT2D eigenvalue weighted by Crippen LogP contribution is -2.10. The third-order valence-electron chi connectivity index (χ3n) is 1.91. The molecular formula is C9H6O4. The molecule has 13 heavy (non-hydrogen) atoms. The monoisotopic (exact) mass is 178 g/mol. The van der Waals surface area contributed by atoms with Crippen LogP contribution in [0.3, 0.4) is 0 Å². The van der Waals surface area contributed by atoms with E-state index in [-0.39, 0.29) is 0 Å². The quantitative estimate of drug-likeness (QED) is 0.651. The number of carbonyl (C=O) groups is 2. The summed E-state index contributed by atoms with van der Waals surface area (Å²) < 4.78 is 4.65. The Labute approximate surface area is 73.8 Å². The minimum Gasteiger partial charge on any atom is -0.478 e. The van der Waals surface area contributed by atoms with Crippen molar-refractivity contribution in [1.82, 2.24) is 0 Å². The molecule has 1 aliphatic rings. The summed E-state index contributed by atoms with van der Waals surface area (Å²) in [7, 11) is 0. The van der Waals surface area contributed by atoms with Crippen LogP contribution >= 0.6 is 0 Å². The van der Waals surface area contributed by atoms with E-state index in [1.54, 1.807) is 24.3 Å². The number of carbonyl (C=O) groups excluding carboxylic acids is 1. The standard InChI is InChI=1S/C9H6O4/c10-8(11)7-5-3-1-2-4-6(5)9(12)13-7/h1-4,7H,(H,10,11)/t7-/m0/s1. The first kappa shape index (κ1) is 7.79. The Kier molecular flexibility index (Phi) is 1.55. The van der Waals surface area contributed by atoms with Crippen LogP contribution in [0, 0.1) is 0 Å². The van der Waals surface area contributed by atoms with Crippen LogP contribution < -0.4 is 0 Å². The molecule has 0 saturated heterocycles. The lowest BCUT2D eigenvalue weighted by atomic mass is 10.1. The molecule has 0 fully saturated rings. The van der Waals surface area contributed by atoms with Crippen molar-refractivity contribution in [2.75, 3.05) is 0 Å². The number of hydrogen-bond acceptors (Lipinski definition) is 3. The van der Waals surface area contributed by atoms with Crippen molar-refractivity contribution in [2.24, 2.45) is 0 Å². The molecule has 4 heteroatoms. The molecule has 0 aliphatic carbocycles. The van der Waals surface area contributed by atoms with Crippen LogP contribution in [0.1, 0.15) is 22.0 Å². The van der Waals surface area contributed by atoms with Crippen molar-refractivity contribution < 1.29 is 19.4 Å². The van der Waals surface area contributed by atoms with Crippen molar-refractivity contribution in [3.05, 3.63) is 35.4 Å². The molecule has 1 heterocycles. The summed E-state index contributed by atoms with van der Waals surface area (Å²) in [6.07, 6.45) is -1.14. The third-order valence-corrected chi connectivity index (χ3v) is 1.91. The number of carboxylic acid groups (broad SMARTS) is 1. The molecule has 1 N–H and O–H groups in total. The summed E-state index contributed by atoms with van der Waals surface area (Å²) in [6.45, 7) is 0. The molecule has 1 aromatic rings. The number of aliphatic carboxylic acids is 1. The molecule has 0 spiro atoms. The Bertz CT molecular complexity index is 383.